The Morgan fingerprint density at radius 1 is 1.17 bits per heavy atom. The molecule has 2 rings (SSSR count). The first-order valence-corrected chi connectivity index (χ1v) is 8.28. The molecule has 0 radical (unpaired) electrons. The van der Waals surface area contributed by atoms with Gasteiger partial charge in [-0.3, -0.25) is 4.79 Å². The van der Waals surface area contributed by atoms with E-state index in [0.717, 1.165) is 18.4 Å². The molecule has 0 heterocycles. The zero-order chi connectivity index (χ0) is 16.7. The molecule has 1 atom stereocenters. The monoisotopic (exact) mass is 347 g/mol. The van der Waals surface area contributed by atoms with Gasteiger partial charge in [-0.1, -0.05) is 59.6 Å². The fourth-order valence-electron chi connectivity index (χ4n) is 2.19. The van der Waals surface area contributed by atoms with Crippen molar-refractivity contribution in [3.63, 3.8) is 0 Å². The number of carbonyl (C=O) groups excluding carboxylic acids is 1. The van der Waals surface area contributed by atoms with Crippen LogP contribution < -0.4 is 5.32 Å². The van der Waals surface area contributed by atoms with Crippen LogP contribution in [0, 0.1) is 0 Å². The normalized spacial score (nSPS) is 12.3. The number of hydrogen-bond acceptors (Lipinski definition) is 1. The average Bonchev–Trinajstić information content (AvgIpc) is 2.53. The maximum atomic E-state index is 11.9. The third-order valence-corrected chi connectivity index (χ3v) is 4.04. The summed E-state index contributed by atoms with van der Waals surface area (Å²) in [5, 5.41) is 4.06. The van der Waals surface area contributed by atoms with E-state index in [1.165, 1.54) is 11.6 Å². The summed E-state index contributed by atoms with van der Waals surface area (Å²) in [7, 11) is 0. The molecule has 0 fully saturated rings. The predicted octanol–water partition coefficient (Wildman–Crippen LogP) is 5.14. The van der Waals surface area contributed by atoms with E-state index in [0.29, 0.717) is 10.0 Å². The van der Waals surface area contributed by atoms with Gasteiger partial charge in [-0.25, -0.2) is 0 Å². The largest absolute Gasteiger partial charge is 0.350 e. The molecule has 0 bridgehead atoms. The first-order chi connectivity index (χ1) is 11.0. The Balaban J connectivity index is 1.82. The summed E-state index contributed by atoms with van der Waals surface area (Å²) < 4.78 is 0. The Morgan fingerprint density at radius 2 is 1.91 bits per heavy atom. The minimum atomic E-state index is -0.128. The maximum absolute atomic E-state index is 11.9. The van der Waals surface area contributed by atoms with Crippen LogP contribution in [0.3, 0.4) is 0 Å². The molecule has 0 aliphatic rings. The van der Waals surface area contributed by atoms with Gasteiger partial charge in [0.25, 0.3) is 0 Å². The lowest BCUT2D eigenvalue weighted by molar-refractivity contribution is -0.117. The quantitative estimate of drug-likeness (QED) is 0.719. The highest BCUT2D eigenvalue weighted by Crippen LogP contribution is 2.21. The van der Waals surface area contributed by atoms with Gasteiger partial charge >= 0.3 is 0 Å². The van der Waals surface area contributed by atoms with Crippen molar-refractivity contribution < 1.29 is 4.79 Å². The summed E-state index contributed by atoms with van der Waals surface area (Å²) >= 11 is 11.9. The van der Waals surface area contributed by atoms with E-state index in [-0.39, 0.29) is 11.9 Å². The molecule has 4 heteroatoms. The number of nitrogens with one attached hydrogen (secondary N) is 1. The Kier molecular flexibility index (Phi) is 6.69. The van der Waals surface area contributed by atoms with Gasteiger partial charge in [-0.15, -0.1) is 0 Å². The van der Waals surface area contributed by atoms with E-state index >= 15 is 0 Å². The number of carbonyl (C=O) groups is 1. The van der Waals surface area contributed by atoms with Gasteiger partial charge < -0.3 is 5.32 Å². The highest BCUT2D eigenvalue weighted by atomic mass is 35.5. The Morgan fingerprint density at radius 3 is 2.61 bits per heavy atom. The molecule has 0 aromatic heterocycles. The van der Waals surface area contributed by atoms with Crippen LogP contribution in [0.2, 0.25) is 10.0 Å². The smallest absolute Gasteiger partial charge is 0.244 e. The molecule has 2 aromatic rings. The number of benzene rings is 2. The molecule has 0 aliphatic carbocycles. The van der Waals surface area contributed by atoms with Gasteiger partial charge in [0.15, 0.2) is 0 Å². The lowest BCUT2D eigenvalue weighted by atomic mass is 10.1. The van der Waals surface area contributed by atoms with Crippen LogP contribution in [0.15, 0.2) is 54.6 Å². The fraction of sp³-hybridized carbons (Fsp3) is 0.211. The number of amides is 1. The molecule has 0 spiro atoms. The molecule has 1 amide bonds. The zero-order valence-electron chi connectivity index (χ0n) is 12.9. The molecule has 0 saturated carbocycles. The second-order valence-corrected chi connectivity index (χ2v) is 6.28. The summed E-state index contributed by atoms with van der Waals surface area (Å²) in [5.74, 6) is -0.128. The lowest BCUT2D eigenvalue weighted by Gasteiger charge is -2.12. The maximum Gasteiger partial charge on any atom is 0.244 e. The SMILES string of the molecule is CC(CCc1ccccc1)NC(=O)C=Cc1ccc(Cl)cc1Cl. The van der Waals surface area contributed by atoms with Gasteiger partial charge in [0.05, 0.1) is 0 Å². The summed E-state index contributed by atoms with van der Waals surface area (Å²) in [4.78, 5) is 11.9. The first-order valence-electron chi connectivity index (χ1n) is 7.52. The third-order valence-electron chi connectivity index (χ3n) is 3.47. The number of aryl methyl sites for hydroxylation is 1. The predicted molar refractivity (Wildman–Crippen MR) is 97.9 cm³/mol. The second-order valence-electron chi connectivity index (χ2n) is 5.43. The molecule has 2 nitrogen and oxygen atoms in total. The molecule has 0 saturated heterocycles. The van der Waals surface area contributed by atoms with Crippen molar-refractivity contribution in [2.75, 3.05) is 0 Å². The highest BCUT2D eigenvalue weighted by molar-refractivity contribution is 6.35. The molecule has 1 N–H and O–H groups in total. The van der Waals surface area contributed by atoms with E-state index in [4.69, 9.17) is 23.2 Å². The van der Waals surface area contributed by atoms with E-state index in [9.17, 15) is 4.79 Å². The van der Waals surface area contributed by atoms with Gasteiger partial charge in [0.1, 0.15) is 0 Å². The van der Waals surface area contributed by atoms with Gasteiger partial charge in [-0.2, -0.15) is 0 Å². The Labute approximate surface area is 147 Å². The van der Waals surface area contributed by atoms with E-state index < -0.39 is 0 Å². The summed E-state index contributed by atoms with van der Waals surface area (Å²) in [6.07, 6.45) is 5.02. The molecule has 120 valence electrons. The van der Waals surface area contributed by atoms with Gasteiger partial charge in [0, 0.05) is 22.2 Å². The van der Waals surface area contributed by atoms with Crippen LogP contribution in [-0.4, -0.2) is 11.9 Å². The van der Waals surface area contributed by atoms with Gasteiger partial charge in [0.2, 0.25) is 5.91 Å². The van der Waals surface area contributed by atoms with Gasteiger partial charge in [-0.05, 0) is 49.1 Å². The molecule has 2 aromatic carbocycles. The van der Waals surface area contributed by atoms with Crippen molar-refractivity contribution in [3.8, 4) is 0 Å². The highest BCUT2D eigenvalue weighted by Gasteiger charge is 2.05. The average molecular weight is 348 g/mol. The third kappa shape index (κ3) is 6.09. The van der Waals surface area contributed by atoms with Crippen molar-refractivity contribution >= 4 is 35.2 Å². The summed E-state index contributed by atoms with van der Waals surface area (Å²) in [6.45, 7) is 2.00. The minimum absolute atomic E-state index is 0.105. The summed E-state index contributed by atoms with van der Waals surface area (Å²) in [6, 6.07) is 15.5. The lowest BCUT2D eigenvalue weighted by Crippen LogP contribution is -2.31. The van der Waals surface area contributed by atoms with Crippen LogP contribution in [-0.2, 0) is 11.2 Å². The van der Waals surface area contributed by atoms with Crippen LogP contribution in [0.1, 0.15) is 24.5 Å². The molecule has 0 aliphatic heterocycles. The molecular formula is C19H19Cl2NO. The summed E-state index contributed by atoms with van der Waals surface area (Å²) in [5.41, 5.74) is 2.04. The van der Waals surface area contributed by atoms with Crippen LogP contribution in [0.4, 0.5) is 0 Å². The van der Waals surface area contributed by atoms with Crippen molar-refractivity contribution in [1.29, 1.82) is 0 Å². The fourth-order valence-corrected chi connectivity index (χ4v) is 2.66. The zero-order valence-corrected chi connectivity index (χ0v) is 14.4. The second kappa shape index (κ2) is 8.76. The van der Waals surface area contributed by atoms with E-state index in [1.54, 1.807) is 24.3 Å². The van der Waals surface area contributed by atoms with E-state index in [1.807, 2.05) is 25.1 Å². The molecule has 23 heavy (non-hydrogen) atoms. The number of halogens is 2. The first kappa shape index (κ1) is 17.6. The van der Waals surface area contributed by atoms with E-state index in [2.05, 4.69) is 17.4 Å². The van der Waals surface area contributed by atoms with Crippen LogP contribution in [0.5, 0.6) is 0 Å². The number of rotatable bonds is 6. The van der Waals surface area contributed by atoms with Crippen molar-refractivity contribution in [2.24, 2.45) is 0 Å². The van der Waals surface area contributed by atoms with Crippen molar-refractivity contribution in [3.05, 3.63) is 75.8 Å². The number of hydrogen-bond donors (Lipinski definition) is 1. The van der Waals surface area contributed by atoms with Crippen LogP contribution >= 0.6 is 23.2 Å². The Hall–Kier alpha value is -1.77. The molecule has 1 unspecified atom stereocenters. The van der Waals surface area contributed by atoms with Crippen molar-refractivity contribution in [1.82, 2.24) is 5.32 Å². The Bertz CT molecular complexity index is 683. The minimum Gasteiger partial charge on any atom is -0.350 e. The van der Waals surface area contributed by atoms with Crippen LogP contribution in [0.25, 0.3) is 6.08 Å². The standard InChI is InChI=1S/C19H19Cl2NO/c1-14(7-8-15-5-3-2-4-6-15)22-19(23)12-10-16-9-11-17(20)13-18(16)21/h2-6,9-14H,7-8H2,1H3,(H,22,23). The topological polar surface area (TPSA) is 29.1 Å². The van der Waals surface area contributed by atoms with Crippen molar-refractivity contribution in [2.45, 2.75) is 25.8 Å². The molecular weight excluding hydrogens is 329 g/mol.